The van der Waals surface area contributed by atoms with Gasteiger partial charge in [0.25, 0.3) is 5.69 Å². The summed E-state index contributed by atoms with van der Waals surface area (Å²) in [5.74, 6) is 0.762. The van der Waals surface area contributed by atoms with Crippen LogP contribution < -0.4 is 10.1 Å². The Morgan fingerprint density at radius 2 is 1.86 bits per heavy atom. The van der Waals surface area contributed by atoms with Crippen LogP contribution in [0.5, 0.6) is 5.75 Å². The molecule has 5 nitrogen and oxygen atoms in total. The Morgan fingerprint density at radius 1 is 1.14 bits per heavy atom. The van der Waals surface area contributed by atoms with Crippen molar-refractivity contribution in [2.45, 2.75) is 19.9 Å². The van der Waals surface area contributed by atoms with E-state index in [0.29, 0.717) is 18.7 Å². The second kappa shape index (κ2) is 7.28. The molecule has 0 spiro atoms. The van der Waals surface area contributed by atoms with E-state index >= 15 is 0 Å². The van der Waals surface area contributed by atoms with Gasteiger partial charge in [0.15, 0.2) is 0 Å². The minimum atomic E-state index is -0.365. The molecule has 21 heavy (non-hydrogen) atoms. The molecule has 0 heterocycles. The molecule has 2 rings (SSSR count). The SMILES string of the molecule is CCCOc1ccccc1NCc1ccccc1[N+](=O)[O-]. The molecule has 0 unspecified atom stereocenters. The van der Waals surface area contributed by atoms with E-state index in [-0.39, 0.29) is 10.6 Å². The summed E-state index contributed by atoms with van der Waals surface area (Å²) in [5.41, 5.74) is 1.61. The molecule has 0 saturated heterocycles. The first kappa shape index (κ1) is 14.8. The lowest BCUT2D eigenvalue weighted by atomic mass is 10.1. The summed E-state index contributed by atoms with van der Waals surface area (Å²) in [6, 6.07) is 14.3. The molecule has 0 aromatic heterocycles. The smallest absolute Gasteiger partial charge is 0.274 e. The predicted octanol–water partition coefficient (Wildman–Crippen LogP) is 4.00. The maximum absolute atomic E-state index is 11.0. The number of nitrogens with zero attached hydrogens (tertiary/aromatic N) is 1. The first-order valence-corrected chi connectivity index (χ1v) is 6.90. The van der Waals surface area contributed by atoms with Crippen LogP contribution in [-0.2, 0) is 6.54 Å². The molecule has 0 fully saturated rings. The van der Waals surface area contributed by atoms with Gasteiger partial charge in [-0.15, -0.1) is 0 Å². The Bertz CT molecular complexity index is 614. The lowest BCUT2D eigenvalue weighted by molar-refractivity contribution is -0.385. The fraction of sp³-hybridized carbons (Fsp3) is 0.250. The van der Waals surface area contributed by atoms with Gasteiger partial charge in [0.05, 0.1) is 17.2 Å². The van der Waals surface area contributed by atoms with E-state index in [2.05, 4.69) is 5.32 Å². The molecule has 2 aromatic carbocycles. The van der Waals surface area contributed by atoms with Crippen molar-refractivity contribution >= 4 is 11.4 Å². The maximum atomic E-state index is 11.0. The summed E-state index contributed by atoms with van der Waals surface area (Å²) in [4.78, 5) is 10.6. The van der Waals surface area contributed by atoms with Crippen molar-refractivity contribution in [1.29, 1.82) is 0 Å². The summed E-state index contributed by atoms with van der Waals surface area (Å²) in [7, 11) is 0. The highest BCUT2D eigenvalue weighted by molar-refractivity contribution is 5.57. The summed E-state index contributed by atoms with van der Waals surface area (Å²) < 4.78 is 5.66. The van der Waals surface area contributed by atoms with Crippen molar-refractivity contribution in [1.82, 2.24) is 0 Å². The van der Waals surface area contributed by atoms with Crippen LogP contribution >= 0.6 is 0 Å². The topological polar surface area (TPSA) is 64.4 Å². The minimum Gasteiger partial charge on any atom is -0.491 e. The van der Waals surface area contributed by atoms with Gasteiger partial charge in [-0.2, -0.15) is 0 Å². The number of nitrogens with one attached hydrogen (secondary N) is 1. The third-order valence-corrected chi connectivity index (χ3v) is 3.01. The number of nitro benzene ring substituents is 1. The number of benzene rings is 2. The number of rotatable bonds is 7. The van der Waals surface area contributed by atoms with Crippen molar-refractivity contribution < 1.29 is 9.66 Å². The number of anilines is 1. The number of ether oxygens (including phenoxy) is 1. The standard InChI is InChI=1S/C16H18N2O3/c1-2-11-21-16-10-6-4-8-14(16)17-12-13-7-3-5-9-15(13)18(19)20/h3-10,17H,2,11-12H2,1H3. The third-order valence-electron chi connectivity index (χ3n) is 3.01. The quantitative estimate of drug-likeness (QED) is 0.617. The van der Waals surface area contributed by atoms with E-state index in [1.807, 2.05) is 31.2 Å². The lowest BCUT2D eigenvalue weighted by Crippen LogP contribution is -2.05. The van der Waals surface area contributed by atoms with Crippen LogP contribution in [0.2, 0.25) is 0 Å². The highest BCUT2D eigenvalue weighted by Crippen LogP contribution is 2.26. The van der Waals surface area contributed by atoms with E-state index in [9.17, 15) is 10.1 Å². The Balaban J connectivity index is 2.12. The van der Waals surface area contributed by atoms with Gasteiger partial charge in [0.2, 0.25) is 0 Å². The molecule has 0 radical (unpaired) electrons. The zero-order chi connectivity index (χ0) is 15.1. The van der Waals surface area contributed by atoms with E-state index in [1.54, 1.807) is 18.2 Å². The molecular formula is C16H18N2O3. The first-order chi connectivity index (χ1) is 10.2. The Kier molecular flexibility index (Phi) is 5.15. The monoisotopic (exact) mass is 286 g/mol. The molecule has 0 aliphatic rings. The second-order valence-corrected chi connectivity index (χ2v) is 4.58. The average Bonchev–Trinajstić information content (AvgIpc) is 2.52. The highest BCUT2D eigenvalue weighted by Gasteiger charge is 2.12. The minimum absolute atomic E-state index is 0.122. The van der Waals surface area contributed by atoms with Gasteiger partial charge in [0.1, 0.15) is 5.75 Å². The fourth-order valence-corrected chi connectivity index (χ4v) is 1.98. The first-order valence-electron chi connectivity index (χ1n) is 6.90. The van der Waals surface area contributed by atoms with Crippen LogP contribution in [0.25, 0.3) is 0 Å². The van der Waals surface area contributed by atoms with Crippen molar-refractivity contribution in [3.05, 3.63) is 64.2 Å². The molecule has 1 N–H and O–H groups in total. The lowest BCUT2D eigenvalue weighted by Gasteiger charge is -2.12. The molecule has 0 amide bonds. The van der Waals surface area contributed by atoms with E-state index in [0.717, 1.165) is 17.9 Å². The van der Waals surface area contributed by atoms with Gasteiger partial charge < -0.3 is 10.1 Å². The molecule has 0 aliphatic carbocycles. The largest absolute Gasteiger partial charge is 0.491 e. The van der Waals surface area contributed by atoms with E-state index in [4.69, 9.17) is 4.74 Å². The molecule has 0 saturated carbocycles. The van der Waals surface area contributed by atoms with Gasteiger partial charge >= 0.3 is 0 Å². The second-order valence-electron chi connectivity index (χ2n) is 4.58. The predicted molar refractivity (Wildman–Crippen MR) is 82.7 cm³/mol. The molecule has 0 bridgehead atoms. The van der Waals surface area contributed by atoms with Gasteiger partial charge in [-0.3, -0.25) is 10.1 Å². The molecule has 2 aromatic rings. The Hall–Kier alpha value is -2.56. The molecule has 0 atom stereocenters. The van der Waals surface area contributed by atoms with E-state index < -0.39 is 0 Å². The maximum Gasteiger partial charge on any atom is 0.274 e. The summed E-state index contributed by atoms with van der Waals surface area (Å²) in [6.45, 7) is 3.07. The summed E-state index contributed by atoms with van der Waals surface area (Å²) in [5, 5.41) is 14.2. The molecule has 0 aliphatic heterocycles. The van der Waals surface area contributed by atoms with Crippen LogP contribution in [0, 0.1) is 10.1 Å². The van der Waals surface area contributed by atoms with Gasteiger partial charge in [0, 0.05) is 18.2 Å². The average molecular weight is 286 g/mol. The normalized spacial score (nSPS) is 10.1. The van der Waals surface area contributed by atoms with Crippen LogP contribution in [0.4, 0.5) is 11.4 Å². The Labute approximate surface area is 123 Å². The zero-order valence-electron chi connectivity index (χ0n) is 11.9. The van der Waals surface area contributed by atoms with Crippen molar-refractivity contribution in [2.24, 2.45) is 0 Å². The molecule has 5 heteroatoms. The van der Waals surface area contributed by atoms with Crippen LogP contribution in [0.3, 0.4) is 0 Å². The number of para-hydroxylation sites is 3. The summed E-state index contributed by atoms with van der Waals surface area (Å²) >= 11 is 0. The fourth-order valence-electron chi connectivity index (χ4n) is 1.98. The summed E-state index contributed by atoms with van der Waals surface area (Å²) in [6.07, 6.45) is 0.929. The highest BCUT2D eigenvalue weighted by atomic mass is 16.6. The van der Waals surface area contributed by atoms with Crippen LogP contribution in [0.1, 0.15) is 18.9 Å². The number of nitro groups is 1. The van der Waals surface area contributed by atoms with E-state index in [1.165, 1.54) is 6.07 Å². The number of hydrogen-bond donors (Lipinski definition) is 1. The molecule has 110 valence electrons. The Morgan fingerprint density at radius 3 is 2.62 bits per heavy atom. The van der Waals surface area contributed by atoms with Gasteiger partial charge in [-0.25, -0.2) is 0 Å². The number of hydrogen-bond acceptors (Lipinski definition) is 4. The van der Waals surface area contributed by atoms with Gasteiger partial charge in [-0.05, 0) is 18.6 Å². The zero-order valence-corrected chi connectivity index (χ0v) is 11.9. The van der Waals surface area contributed by atoms with Crippen molar-refractivity contribution in [3.8, 4) is 5.75 Å². The van der Waals surface area contributed by atoms with Crippen LogP contribution in [-0.4, -0.2) is 11.5 Å². The van der Waals surface area contributed by atoms with Crippen LogP contribution in [0.15, 0.2) is 48.5 Å². The third kappa shape index (κ3) is 3.95. The van der Waals surface area contributed by atoms with Crippen molar-refractivity contribution in [2.75, 3.05) is 11.9 Å². The van der Waals surface area contributed by atoms with Crippen molar-refractivity contribution in [3.63, 3.8) is 0 Å². The molecular weight excluding hydrogens is 268 g/mol. The van der Waals surface area contributed by atoms with Gasteiger partial charge in [-0.1, -0.05) is 37.3 Å².